The summed E-state index contributed by atoms with van der Waals surface area (Å²) in [5.74, 6) is -0.754. The molecule has 0 spiro atoms. The molecule has 5 heteroatoms. The number of hydrogen-bond donors (Lipinski definition) is 3. The molecule has 4 nitrogen and oxygen atoms in total. The Bertz CT molecular complexity index is 161. The van der Waals surface area contributed by atoms with Crippen LogP contribution in [-0.2, 0) is 21.9 Å². The van der Waals surface area contributed by atoms with Gasteiger partial charge in [-0.15, -0.1) is 0 Å². The number of aliphatic hydroxyl groups excluding tert-OH is 2. The van der Waals surface area contributed by atoms with E-state index in [1.165, 1.54) is 0 Å². The van der Waals surface area contributed by atoms with Crippen LogP contribution in [-0.4, -0.2) is 33.5 Å². The molecule has 0 bridgehead atoms. The van der Waals surface area contributed by atoms with Gasteiger partial charge in [0.15, 0.2) is 0 Å². The van der Waals surface area contributed by atoms with Gasteiger partial charge in [0.1, 0.15) is 0 Å². The molecule has 0 aromatic carbocycles. The number of carboxylic acid groups (broad SMARTS) is 1. The van der Waals surface area contributed by atoms with Crippen LogP contribution in [0.5, 0.6) is 0 Å². The van der Waals surface area contributed by atoms with E-state index in [4.69, 9.17) is 15.3 Å². The van der Waals surface area contributed by atoms with E-state index in [1.807, 2.05) is 6.92 Å². The first kappa shape index (κ1) is 27.3. The predicted molar refractivity (Wildman–Crippen MR) is 75.7 cm³/mol. The second kappa shape index (κ2) is 20.2. The Hall–Kier alpha value is -0.0905. The summed E-state index contributed by atoms with van der Waals surface area (Å²) < 4.78 is 0. The number of carboxylic acids is 1. The molecule has 0 aliphatic rings. The van der Waals surface area contributed by atoms with E-state index >= 15 is 0 Å². The van der Waals surface area contributed by atoms with Crippen molar-refractivity contribution in [2.45, 2.75) is 79.4 Å². The van der Waals surface area contributed by atoms with Crippen molar-refractivity contribution >= 4 is 5.97 Å². The smallest absolute Gasteiger partial charge is 0.306 e. The molecule has 120 valence electrons. The molecule has 0 aromatic heterocycles. The molecule has 1 atom stereocenters. The van der Waals surface area contributed by atoms with Gasteiger partial charge in [-0.3, -0.25) is 4.79 Å². The minimum atomic E-state index is -0.643. The van der Waals surface area contributed by atoms with Crippen LogP contribution < -0.4 is 0 Å². The number of aliphatic carboxylic acids is 1. The van der Waals surface area contributed by atoms with Gasteiger partial charge in [-0.1, -0.05) is 26.7 Å². The fourth-order valence-electron chi connectivity index (χ4n) is 0.953. The molecule has 0 aliphatic heterocycles. The quantitative estimate of drug-likeness (QED) is 0.680. The van der Waals surface area contributed by atoms with Crippen LogP contribution >= 0.6 is 0 Å². The average Bonchev–Trinajstić information content (AvgIpc) is 2.16. The first-order chi connectivity index (χ1) is 8.18. The van der Waals surface area contributed by atoms with E-state index in [2.05, 4.69) is 6.92 Å². The normalized spacial score (nSPS) is 10.6. The standard InChI is InChI=1S/C8H16O2.2C3H8O.Fe/c1-3-5-6-7(4-2)8(9)10;2*1-3(2)4;/h7H,3-6H2,1-2H3,(H,9,10);2*3-4H,1-2H3;. The maximum absolute atomic E-state index is 10.4. The number of carbonyl (C=O) groups is 1. The van der Waals surface area contributed by atoms with Crippen molar-refractivity contribution in [2.75, 3.05) is 0 Å². The number of hydrogen-bond acceptors (Lipinski definition) is 3. The van der Waals surface area contributed by atoms with E-state index in [-0.39, 0.29) is 35.2 Å². The Morgan fingerprint density at radius 2 is 1.32 bits per heavy atom. The van der Waals surface area contributed by atoms with E-state index in [0.717, 1.165) is 25.7 Å². The SMILES string of the molecule is CC(C)O.CC(C)O.CCCCC(CC)C(=O)O.[Fe]. The molecule has 0 aromatic rings. The largest absolute Gasteiger partial charge is 0.481 e. The van der Waals surface area contributed by atoms with Crippen LogP contribution in [0.1, 0.15) is 67.2 Å². The van der Waals surface area contributed by atoms with Gasteiger partial charge in [-0.2, -0.15) is 0 Å². The van der Waals surface area contributed by atoms with Gasteiger partial charge in [0.2, 0.25) is 0 Å². The first-order valence-corrected chi connectivity index (χ1v) is 6.77. The van der Waals surface area contributed by atoms with Crippen LogP contribution in [0.4, 0.5) is 0 Å². The first-order valence-electron chi connectivity index (χ1n) is 6.77. The fourth-order valence-corrected chi connectivity index (χ4v) is 0.953. The summed E-state index contributed by atoms with van der Waals surface area (Å²) in [5.41, 5.74) is 0. The van der Waals surface area contributed by atoms with Crippen LogP contribution in [0.25, 0.3) is 0 Å². The third kappa shape index (κ3) is 46.2. The van der Waals surface area contributed by atoms with Crippen molar-refractivity contribution in [1.82, 2.24) is 0 Å². The molecule has 0 saturated heterocycles. The monoisotopic (exact) mass is 320 g/mol. The Balaban J connectivity index is -0.000000105. The maximum Gasteiger partial charge on any atom is 0.306 e. The van der Waals surface area contributed by atoms with Crippen LogP contribution in [0.3, 0.4) is 0 Å². The van der Waals surface area contributed by atoms with E-state index in [9.17, 15) is 4.79 Å². The molecule has 0 saturated carbocycles. The van der Waals surface area contributed by atoms with Gasteiger partial charge < -0.3 is 15.3 Å². The molecule has 0 radical (unpaired) electrons. The minimum absolute atomic E-state index is 0. The predicted octanol–water partition coefficient (Wildman–Crippen LogP) is 3.06. The van der Waals surface area contributed by atoms with Crippen molar-refractivity contribution in [3.63, 3.8) is 0 Å². The summed E-state index contributed by atoms with van der Waals surface area (Å²) in [7, 11) is 0. The summed E-state index contributed by atoms with van der Waals surface area (Å²) in [6.07, 6.45) is 3.38. The Kier molecular flexibility index (Phi) is 29.1. The van der Waals surface area contributed by atoms with Crippen LogP contribution in [0.2, 0.25) is 0 Å². The maximum atomic E-state index is 10.4. The van der Waals surface area contributed by atoms with Gasteiger partial charge in [0.05, 0.1) is 5.92 Å². The van der Waals surface area contributed by atoms with Crippen molar-refractivity contribution < 1.29 is 37.2 Å². The zero-order valence-corrected chi connectivity index (χ0v) is 14.3. The molecule has 0 aliphatic carbocycles. The van der Waals surface area contributed by atoms with Gasteiger partial charge in [-0.05, 0) is 40.5 Å². The zero-order chi connectivity index (χ0) is 15.1. The Labute approximate surface area is 129 Å². The summed E-state index contributed by atoms with van der Waals surface area (Å²) in [4.78, 5) is 10.4. The van der Waals surface area contributed by atoms with Crippen molar-refractivity contribution in [3.05, 3.63) is 0 Å². The number of rotatable bonds is 5. The summed E-state index contributed by atoms with van der Waals surface area (Å²) >= 11 is 0. The molecular formula is C14H32FeO4. The van der Waals surface area contributed by atoms with Crippen molar-refractivity contribution in [3.8, 4) is 0 Å². The molecule has 19 heavy (non-hydrogen) atoms. The molecular weight excluding hydrogens is 288 g/mol. The summed E-state index contributed by atoms with van der Waals surface area (Å²) in [5, 5.41) is 24.7. The topological polar surface area (TPSA) is 77.8 Å². The molecule has 3 N–H and O–H groups in total. The Morgan fingerprint density at radius 3 is 1.47 bits per heavy atom. The molecule has 0 rings (SSSR count). The van der Waals surface area contributed by atoms with E-state index < -0.39 is 5.97 Å². The molecule has 0 amide bonds. The van der Waals surface area contributed by atoms with Crippen molar-refractivity contribution in [2.24, 2.45) is 5.92 Å². The van der Waals surface area contributed by atoms with E-state index in [0.29, 0.717) is 0 Å². The Morgan fingerprint density at radius 1 is 1.00 bits per heavy atom. The van der Waals surface area contributed by atoms with Gasteiger partial charge in [0, 0.05) is 29.3 Å². The zero-order valence-electron chi connectivity index (χ0n) is 13.2. The van der Waals surface area contributed by atoms with Gasteiger partial charge in [0.25, 0.3) is 0 Å². The molecule has 0 fully saturated rings. The van der Waals surface area contributed by atoms with Crippen molar-refractivity contribution in [1.29, 1.82) is 0 Å². The minimum Gasteiger partial charge on any atom is -0.481 e. The third-order valence-corrected chi connectivity index (χ3v) is 1.75. The summed E-state index contributed by atoms with van der Waals surface area (Å²) in [6.45, 7) is 10.9. The van der Waals surface area contributed by atoms with E-state index in [1.54, 1.807) is 27.7 Å². The fraction of sp³-hybridized carbons (Fsp3) is 0.929. The summed E-state index contributed by atoms with van der Waals surface area (Å²) in [6, 6.07) is 0. The van der Waals surface area contributed by atoms with Crippen LogP contribution in [0.15, 0.2) is 0 Å². The number of aliphatic hydroxyl groups is 2. The second-order valence-electron chi connectivity index (χ2n) is 4.77. The molecule has 0 heterocycles. The molecule has 1 unspecified atom stereocenters. The average molecular weight is 320 g/mol. The number of unbranched alkanes of at least 4 members (excludes halogenated alkanes) is 1. The van der Waals surface area contributed by atoms with Gasteiger partial charge >= 0.3 is 5.97 Å². The third-order valence-electron chi connectivity index (χ3n) is 1.75. The van der Waals surface area contributed by atoms with Crippen LogP contribution in [0, 0.1) is 5.92 Å². The second-order valence-corrected chi connectivity index (χ2v) is 4.77. The van der Waals surface area contributed by atoms with Gasteiger partial charge in [-0.25, -0.2) is 0 Å².